The topological polar surface area (TPSA) is 58.0 Å². The van der Waals surface area contributed by atoms with Crippen molar-refractivity contribution < 1.29 is 0 Å². The molecular formula is C15H20N6. The summed E-state index contributed by atoms with van der Waals surface area (Å²) in [6.07, 6.45) is 3.62. The largest absolute Gasteiger partial charge is 0.353 e. The first kappa shape index (κ1) is 13.7. The average Bonchev–Trinajstić information content (AvgIpc) is 2.46. The molecule has 21 heavy (non-hydrogen) atoms. The molecule has 1 aliphatic rings. The highest BCUT2D eigenvalue weighted by Gasteiger charge is 2.19. The molecule has 1 saturated heterocycles. The van der Waals surface area contributed by atoms with Crippen molar-refractivity contribution in [3.8, 4) is 0 Å². The van der Waals surface area contributed by atoms with Gasteiger partial charge in [-0.3, -0.25) is 4.98 Å². The van der Waals surface area contributed by atoms with Gasteiger partial charge < -0.3 is 9.80 Å². The molecule has 0 bridgehead atoms. The zero-order valence-electron chi connectivity index (χ0n) is 12.7. The van der Waals surface area contributed by atoms with Crippen LogP contribution in [0.2, 0.25) is 0 Å². The van der Waals surface area contributed by atoms with E-state index in [0.717, 1.165) is 55.0 Å². The van der Waals surface area contributed by atoms with E-state index in [9.17, 15) is 0 Å². The summed E-state index contributed by atoms with van der Waals surface area (Å²) in [6, 6.07) is 2.05. The second kappa shape index (κ2) is 5.63. The van der Waals surface area contributed by atoms with Gasteiger partial charge in [0, 0.05) is 44.1 Å². The van der Waals surface area contributed by atoms with Crippen LogP contribution in [-0.2, 0) is 0 Å². The van der Waals surface area contributed by atoms with E-state index in [1.54, 1.807) is 6.20 Å². The fourth-order valence-electron chi connectivity index (χ4n) is 2.63. The summed E-state index contributed by atoms with van der Waals surface area (Å²) in [5, 5.41) is 0. The van der Waals surface area contributed by atoms with Crippen molar-refractivity contribution in [1.29, 1.82) is 0 Å². The number of nitrogens with zero attached hydrogens (tertiary/aromatic N) is 6. The second-order valence-corrected chi connectivity index (χ2v) is 5.41. The van der Waals surface area contributed by atoms with Crippen LogP contribution in [0.1, 0.15) is 17.2 Å². The Kier molecular flexibility index (Phi) is 3.68. The minimum Gasteiger partial charge on any atom is -0.353 e. The third-order valence-electron chi connectivity index (χ3n) is 3.62. The number of aromatic nitrogens is 4. The van der Waals surface area contributed by atoms with Crippen molar-refractivity contribution in [2.24, 2.45) is 0 Å². The molecular weight excluding hydrogens is 264 g/mol. The molecule has 0 saturated carbocycles. The summed E-state index contributed by atoms with van der Waals surface area (Å²) in [6.45, 7) is 9.66. The van der Waals surface area contributed by atoms with Gasteiger partial charge in [0.1, 0.15) is 17.5 Å². The fraction of sp³-hybridized carbons (Fsp3) is 0.467. The second-order valence-electron chi connectivity index (χ2n) is 5.41. The summed E-state index contributed by atoms with van der Waals surface area (Å²) in [5.41, 5.74) is 1.97. The van der Waals surface area contributed by atoms with Gasteiger partial charge in [-0.05, 0) is 20.8 Å². The van der Waals surface area contributed by atoms with Gasteiger partial charge >= 0.3 is 0 Å². The average molecular weight is 284 g/mol. The molecule has 0 aromatic carbocycles. The third-order valence-corrected chi connectivity index (χ3v) is 3.62. The Morgan fingerprint density at radius 1 is 0.762 bits per heavy atom. The van der Waals surface area contributed by atoms with Crippen molar-refractivity contribution in [3.05, 3.63) is 35.7 Å². The molecule has 6 nitrogen and oxygen atoms in total. The van der Waals surface area contributed by atoms with Crippen LogP contribution < -0.4 is 9.80 Å². The first-order chi connectivity index (χ1) is 10.1. The molecule has 6 heteroatoms. The molecule has 1 aliphatic heterocycles. The Bertz CT molecular complexity index is 614. The first-order valence-electron chi connectivity index (χ1n) is 7.22. The molecule has 1 fully saturated rings. The maximum absolute atomic E-state index is 4.54. The van der Waals surface area contributed by atoms with Crippen molar-refractivity contribution in [2.75, 3.05) is 36.0 Å². The number of anilines is 2. The van der Waals surface area contributed by atoms with Crippen molar-refractivity contribution in [3.63, 3.8) is 0 Å². The van der Waals surface area contributed by atoms with Gasteiger partial charge in [0.25, 0.3) is 0 Å². The molecule has 3 rings (SSSR count). The molecule has 0 N–H and O–H groups in total. The van der Waals surface area contributed by atoms with Crippen molar-refractivity contribution in [1.82, 2.24) is 19.9 Å². The number of piperazine rings is 1. The van der Waals surface area contributed by atoms with Crippen LogP contribution in [0.15, 0.2) is 18.5 Å². The monoisotopic (exact) mass is 284 g/mol. The lowest BCUT2D eigenvalue weighted by Gasteiger charge is -2.36. The lowest BCUT2D eigenvalue weighted by Crippen LogP contribution is -2.47. The molecule has 0 atom stereocenters. The van der Waals surface area contributed by atoms with Crippen LogP contribution in [0.5, 0.6) is 0 Å². The predicted octanol–water partition coefficient (Wildman–Crippen LogP) is 1.52. The Morgan fingerprint density at radius 2 is 1.43 bits per heavy atom. The summed E-state index contributed by atoms with van der Waals surface area (Å²) >= 11 is 0. The van der Waals surface area contributed by atoms with E-state index in [1.807, 2.05) is 27.0 Å². The Morgan fingerprint density at radius 3 is 2.05 bits per heavy atom. The molecule has 0 spiro atoms. The number of hydrogen-bond donors (Lipinski definition) is 0. The molecule has 2 aromatic rings. The van der Waals surface area contributed by atoms with Crippen LogP contribution in [-0.4, -0.2) is 46.1 Å². The lowest BCUT2D eigenvalue weighted by atomic mass is 10.3. The normalized spacial score (nSPS) is 15.4. The highest BCUT2D eigenvalue weighted by atomic mass is 15.3. The number of rotatable bonds is 2. The summed E-state index contributed by atoms with van der Waals surface area (Å²) in [4.78, 5) is 22.2. The van der Waals surface area contributed by atoms with Gasteiger partial charge in [0.05, 0.1) is 11.9 Å². The summed E-state index contributed by atoms with van der Waals surface area (Å²) in [7, 11) is 0. The minimum absolute atomic E-state index is 0.831. The molecule has 0 radical (unpaired) electrons. The van der Waals surface area contributed by atoms with E-state index in [0.29, 0.717) is 0 Å². The SMILES string of the molecule is Cc1cncc(N2CCN(c3cc(C)nc(C)n3)CC2)n1. The standard InChI is InChI=1S/C15H20N6/c1-11-8-14(19-13(3)17-11)20-4-6-21(7-5-20)15-10-16-9-12(2)18-15/h8-10H,4-7H2,1-3H3. The minimum atomic E-state index is 0.831. The van der Waals surface area contributed by atoms with Gasteiger partial charge in [-0.1, -0.05) is 0 Å². The molecule has 110 valence electrons. The molecule has 0 amide bonds. The van der Waals surface area contributed by atoms with Crippen LogP contribution in [0, 0.1) is 20.8 Å². The van der Waals surface area contributed by atoms with Crippen LogP contribution in [0.4, 0.5) is 11.6 Å². The zero-order chi connectivity index (χ0) is 14.8. The van der Waals surface area contributed by atoms with Crippen molar-refractivity contribution in [2.45, 2.75) is 20.8 Å². The van der Waals surface area contributed by atoms with Gasteiger partial charge in [0.2, 0.25) is 0 Å². The van der Waals surface area contributed by atoms with E-state index in [2.05, 4.69) is 35.8 Å². The first-order valence-corrected chi connectivity index (χ1v) is 7.22. The zero-order valence-corrected chi connectivity index (χ0v) is 12.7. The maximum atomic E-state index is 4.54. The molecule has 0 aliphatic carbocycles. The van der Waals surface area contributed by atoms with Gasteiger partial charge in [-0.25, -0.2) is 15.0 Å². The fourth-order valence-corrected chi connectivity index (χ4v) is 2.63. The predicted molar refractivity (Wildman–Crippen MR) is 82.7 cm³/mol. The van der Waals surface area contributed by atoms with Gasteiger partial charge in [0.15, 0.2) is 0 Å². The van der Waals surface area contributed by atoms with E-state index in [4.69, 9.17) is 0 Å². The van der Waals surface area contributed by atoms with Gasteiger partial charge in [-0.2, -0.15) is 0 Å². The van der Waals surface area contributed by atoms with Crippen LogP contribution >= 0.6 is 0 Å². The van der Waals surface area contributed by atoms with Crippen LogP contribution in [0.25, 0.3) is 0 Å². The maximum Gasteiger partial charge on any atom is 0.147 e. The number of hydrogen-bond acceptors (Lipinski definition) is 6. The smallest absolute Gasteiger partial charge is 0.147 e. The third kappa shape index (κ3) is 3.09. The van der Waals surface area contributed by atoms with E-state index >= 15 is 0 Å². The van der Waals surface area contributed by atoms with E-state index in [1.165, 1.54) is 0 Å². The van der Waals surface area contributed by atoms with Crippen LogP contribution in [0.3, 0.4) is 0 Å². The van der Waals surface area contributed by atoms with Crippen molar-refractivity contribution >= 4 is 11.6 Å². The van der Waals surface area contributed by atoms with Gasteiger partial charge in [-0.15, -0.1) is 0 Å². The Labute approximate surface area is 124 Å². The van der Waals surface area contributed by atoms with E-state index < -0.39 is 0 Å². The Balaban J connectivity index is 1.70. The highest BCUT2D eigenvalue weighted by molar-refractivity contribution is 5.44. The Hall–Kier alpha value is -2.24. The number of aryl methyl sites for hydroxylation is 3. The molecule has 2 aromatic heterocycles. The summed E-state index contributed by atoms with van der Waals surface area (Å²) < 4.78 is 0. The lowest BCUT2D eigenvalue weighted by molar-refractivity contribution is 0.638. The van der Waals surface area contributed by atoms with E-state index in [-0.39, 0.29) is 0 Å². The summed E-state index contributed by atoms with van der Waals surface area (Å²) in [5.74, 6) is 2.82. The molecule has 3 heterocycles. The highest BCUT2D eigenvalue weighted by Crippen LogP contribution is 2.18. The quantitative estimate of drug-likeness (QED) is 0.833. The molecule has 0 unspecified atom stereocenters.